The SMILES string of the molecule is Cc1c(/C=N/c2ccccn2)c(O)[nH]c(=O)c1C#N. The first-order valence-electron chi connectivity index (χ1n) is 5.44. The van der Waals surface area contributed by atoms with Crippen molar-refractivity contribution in [1.29, 1.82) is 5.26 Å². The smallest absolute Gasteiger partial charge is 0.268 e. The van der Waals surface area contributed by atoms with Crippen LogP contribution in [0.3, 0.4) is 0 Å². The average Bonchev–Trinajstić information content (AvgIpc) is 2.39. The molecule has 2 heterocycles. The first-order valence-corrected chi connectivity index (χ1v) is 5.44. The van der Waals surface area contributed by atoms with Crippen LogP contribution >= 0.6 is 0 Å². The van der Waals surface area contributed by atoms with Gasteiger partial charge >= 0.3 is 0 Å². The molecule has 2 N–H and O–H groups in total. The second-order valence-corrected chi connectivity index (χ2v) is 3.77. The van der Waals surface area contributed by atoms with Gasteiger partial charge in [-0.3, -0.25) is 9.78 Å². The molecule has 0 spiro atoms. The van der Waals surface area contributed by atoms with E-state index in [4.69, 9.17) is 5.26 Å². The third-order valence-electron chi connectivity index (χ3n) is 2.58. The molecule has 0 aromatic carbocycles. The van der Waals surface area contributed by atoms with E-state index < -0.39 is 5.56 Å². The maximum Gasteiger partial charge on any atom is 0.268 e. The van der Waals surface area contributed by atoms with Crippen molar-refractivity contribution in [3.63, 3.8) is 0 Å². The number of H-pyrrole nitrogens is 1. The number of hydrogen-bond acceptors (Lipinski definition) is 5. The van der Waals surface area contributed by atoms with Crippen molar-refractivity contribution in [2.45, 2.75) is 6.92 Å². The number of aliphatic imine (C=N–C) groups is 1. The Morgan fingerprint density at radius 1 is 1.53 bits per heavy atom. The van der Waals surface area contributed by atoms with Crippen LogP contribution in [0.2, 0.25) is 0 Å². The summed E-state index contributed by atoms with van der Waals surface area (Å²) in [6, 6.07) is 7.03. The molecule has 0 aliphatic heterocycles. The number of rotatable bonds is 2. The lowest BCUT2D eigenvalue weighted by atomic mass is 10.1. The highest BCUT2D eigenvalue weighted by molar-refractivity contribution is 5.86. The van der Waals surface area contributed by atoms with Gasteiger partial charge in [-0.15, -0.1) is 0 Å². The Morgan fingerprint density at radius 3 is 2.95 bits per heavy atom. The molecular weight excluding hydrogens is 244 g/mol. The summed E-state index contributed by atoms with van der Waals surface area (Å²) in [5, 5.41) is 18.6. The summed E-state index contributed by atoms with van der Waals surface area (Å²) in [6.45, 7) is 1.58. The van der Waals surface area contributed by atoms with Crippen LogP contribution in [0, 0.1) is 18.3 Å². The van der Waals surface area contributed by atoms with E-state index in [1.54, 1.807) is 37.4 Å². The molecular formula is C13H10N4O2. The van der Waals surface area contributed by atoms with Gasteiger partial charge in [-0.1, -0.05) is 6.07 Å². The Hall–Kier alpha value is -2.94. The van der Waals surface area contributed by atoms with Crippen LogP contribution in [0.1, 0.15) is 16.7 Å². The van der Waals surface area contributed by atoms with Crippen molar-refractivity contribution >= 4 is 12.0 Å². The molecule has 2 aromatic rings. The largest absolute Gasteiger partial charge is 0.494 e. The van der Waals surface area contributed by atoms with Gasteiger partial charge in [0.25, 0.3) is 5.56 Å². The van der Waals surface area contributed by atoms with Crippen LogP contribution in [-0.4, -0.2) is 21.3 Å². The fourth-order valence-electron chi connectivity index (χ4n) is 1.57. The molecule has 0 saturated heterocycles. The number of nitrogens with one attached hydrogen (secondary N) is 1. The molecule has 94 valence electrons. The molecule has 2 rings (SSSR count). The average molecular weight is 254 g/mol. The summed E-state index contributed by atoms with van der Waals surface area (Å²) in [4.78, 5) is 21.7. The quantitative estimate of drug-likeness (QED) is 0.791. The standard InChI is InChI=1S/C13H10N4O2/c1-8-9(6-14)12(18)17-13(19)10(8)7-16-11-4-2-3-5-15-11/h2-5,7H,1H3,(H2,17,18,19)/b16-7+. The zero-order chi connectivity index (χ0) is 13.8. The molecule has 0 fully saturated rings. The number of nitrogens with zero attached hydrogens (tertiary/aromatic N) is 3. The van der Waals surface area contributed by atoms with Gasteiger partial charge in [0, 0.05) is 12.4 Å². The van der Waals surface area contributed by atoms with Crippen molar-refractivity contribution in [2.75, 3.05) is 0 Å². The van der Waals surface area contributed by atoms with Crippen molar-refractivity contribution in [3.8, 4) is 11.9 Å². The van der Waals surface area contributed by atoms with Crippen LogP contribution in [0.25, 0.3) is 0 Å². The topological polar surface area (TPSA) is 102 Å². The van der Waals surface area contributed by atoms with E-state index in [0.29, 0.717) is 16.9 Å². The Kier molecular flexibility index (Phi) is 3.39. The van der Waals surface area contributed by atoms with E-state index in [2.05, 4.69) is 15.0 Å². The van der Waals surface area contributed by atoms with Gasteiger partial charge in [0.15, 0.2) is 5.82 Å². The van der Waals surface area contributed by atoms with E-state index in [-0.39, 0.29) is 11.4 Å². The van der Waals surface area contributed by atoms with Crippen LogP contribution in [0.5, 0.6) is 5.88 Å². The van der Waals surface area contributed by atoms with E-state index in [0.717, 1.165) is 0 Å². The summed E-state index contributed by atoms with van der Waals surface area (Å²) in [5.41, 5.74) is 0.0120. The minimum atomic E-state index is -0.618. The zero-order valence-corrected chi connectivity index (χ0v) is 10.1. The highest BCUT2D eigenvalue weighted by Gasteiger charge is 2.12. The first kappa shape index (κ1) is 12.5. The van der Waals surface area contributed by atoms with Crippen molar-refractivity contribution < 1.29 is 5.11 Å². The van der Waals surface area contributed by atoms with Gasteiger partial charge in [-0.05, 0) is 24.6 Å². The van der Waals surface area contributed by atoms with Gasteiger partial charge in [-0.25, -0.2) is 9.98 Å². The van der Waals surface area contributed by atoms with E-state index in [9.17, 15) is 9.90 Å². The summed E-state index contributed by atoms with van der Waals surface area (Å²) >= 11 is 0. The van der Waals surface area contributed by atoms with Crippen LogP contribution in [-0.2, 0) is 0 Å². The van der Waals surface area contributed by atoms with Crippen LogP contribution in [0.15, 0.2) is 34.2 Å². The van der Waals surface area contributed by atoms with E-state index in [1.165, 1.54) is 6.21 Å². The molecule has 0 aliphatic carbocycles. The second kappa shape index (κ2) is 5.14. The number of pyridine rings is 2. The second-order valence-electron chi connectivity index (χ2n) is 3.77. The summed E-state index contributed by atoms with van der Waals surface area (Å²) < 4.78 is 0. The molecule has 0 amide bonds. The number of aromatic nitrogens is 2. The summed E-state index contributed by atoms with van der Waals surface area (Å²) in [5.74, 6) is 0.146. The minimum Gasteiger partial charge on any atom is -0.494 e. The Balaban J connectivity index is 2.50. The van der Waals surface area contributed by atoms with Gasteiger partial charge in [0.05, 0.1) is 5.56 Å². The number of hydrogen-bond donors (Lipinski definition) is 2. The van der Waals surface area contributed by atoms with Crippen LogP contribution in [0.4, 0.5) is 5.82 Å². The summed E-state index contributed by atoms with van der Waals surface area (Å²) in [6.07, 6.45) is 2.96. The molecule has 0 bridgehead atoms. The molecule has 2 aromatic heterocycles. The van der Waals surface area contributed by atoms with Gasteiger partial charge in [-0.2, -0.15) is 5.26 Å². The lowest BCUT2D eigenvalue weighted by molar-refractivity contribution is 0.450. The van der Waals surface area contributed by atoms with Crippen molar-refractivity contribution in [1.82, 2.24) is 9.97 Å². The van der Waals surface area contributed by atoms with Gasteiger partial charge in [0.1, 0.15) is 11.6 Å². The van der Waals surface area contributed by atoms with E-state index in [1.807, 2.05) is 0 Å². The lowest BCUT2D eigenvalue weighted by Crippen LogP contribution is -2.14. The maximum absolute atomic E-state index is 11.4. The van der Waals surface area contributed by atoms with Gasteiger partial charge < -0.3 is 5.11 Å². The van der Waals surface area contributed by atoms with Gasteiger partial charge in [0.2, 0.25) is 5.88 Å². The Morgan fingerprint density at radius 2 is 2.32 bits per heavy atom. The minimum absolute atomic E-state index is 0.0414. The summed E-state index contributed by atoms with van der Waals surface area (Å²) in [7, 11) is 0. The normalized spacial score (nSPS) is 10.5. The molecule has 0 radical (unpaired) electrons. The Bertz CT molecular complexity index is 727. The molecule has 0 unspecified atom stereocenters. The van der Waals surface area contributed by atoms with Crippen LogP contribution < -0.4 is 5.56 Å². The zero-order valence-electron chi connectivity index (χ0n) is 10.1. The molecule has 6 nitrogen and oxygen atoms in total. The Labute approximate surface area is 108 Å². The molecule has 0 aliphatic rings. The fraction of sp³-hybridized carbons (Fsp3) is 0.0769. The van der Waals surface area contributed by atoms with E-state index >= 15 is 0 Å². The molecule has 0 saturated carbocycles. The molecule has 0 atom stereocenters. The maximum atomic E-state index is 11.4. The van der Waals surface area contributed by atoms with Crippen molar-refractivity contribution in [3.05, 3.63) is 51.4 Å². The van der Waals surface area contributed by atoms with Crippen molar-refractivity contribution in [2.24, 2.45) is 4.99 Å². The lowest BCUT2D eigenvalue weighted by Gasteiger charge is -2.04. The highest BCUT2D eigenvalue weighted by Crippen LogP contribution is 2.17. The number of aromatic hydroxyl groups is 1. The third-order valence-corrected chi connectivity index (χ3v) is 2.58. The fourth-order valence-corrected chi connectivity index (χ4v) is 1.57. The predicted molar refractivity (Wildman–Crippen MR) is 69.7 cm³/mol. The molecule has 19 heavy (non-hydrogen) atoms. The highest BCUT2D eigenvalue weighted by atomic mass is 16.3. The first-order chi connectivity index (χ1) is 9.13. The number of aromatic amines is 1. The predicted octanol–water partition coefficient (Wildman–Crippen LogP) is 1.41. The monoisotopic (exact) mass is 254 g/mol. The molecule has 6 heteroatoms. The number of nitriles is 1. The third kappa shape index (κ3) is 2.50.